The molecule has 0 unspecified atom stereocenters. The summed E-state index contributed by atoms with van der Waals surface area (Å²) in [5.74, 6) is -0.212. The number of benzene rings is 1. The number of nitrogens with one attached hydrogen (secondary N) is 2. The maximum Gasteiger partial charge on any atom is 0.324 e. The molecule has 1 atom stereocenters. The average Bonchev–Trinajstić information content (AvgIpc) is 2.83. The van der Waals surface area contributed by atoms with Crippen LogP contribution in [-0.2, 0) is 4.79 Å². The Morgan fingerprint density at radius 3 is 2.74 bits per heavy atom. The predicted molar refractivity (Wildman–Crippen MR) is 73.0 cm³/mol. The minimum atomic E-state index is -0.314. The van der Waals surface area contributed by atoms with Gasteiger partial charge in [-0.15, -0.1) is 0 Å². The quantitative estimate of drug-likeness (QED) is 0.880. The van der Waals surface area contributed by atoms with Gasteiger partial charge in [0.2, 0.25) is 5.91 Å². The van der Waals surface area contributed by atoms with Crippen LogP contribution >= 0.6 is 11.6 Å². The molecule has 2 rings (SSSR count). The Labute approximate surface area is 116 Å². The first-order chi connectivity index (χ1) is 9.08. The van der Waals surface area contributed by atoms with E-state index >= 15 is 0 Å². The first-order valence-electron chi connectivity index (χ1n) is 6.15. The fraction of sp³-hybridized carbons (Fsp3) is 0.385. The second-order valence-electron chi connectivity index (χ2n) is 4.43. The van der Waals surface area contributed by atoms with Crippen LogP contribution in [0.1, 0.15) is 18.5 Å². The monoisotopic (exact) mass is 281 g/mol. The molecule has 1 heterocycles. The molecule has 0 radical (unpaired) electrons. The maximum atomic E-state index is 11.8. The molecule has 1 aliphatic heterocycles. The van der Waals surface area contributed by atoms with Crippen LogP contribution in [0, 0.1) is 0 Å². The molecule has 6 heteroatoms. The Morgan fingerprint density at radius 1 is 1.47 bits per heavy atom. The maximum absolute atomic E-state index is 11.8. The van der Waals surface area contributed by atoms with Gasteiger partial charge in [0.05, 0.1) is 6.54 Å². The van der Waals surface area contributed by atoms with Gasteiger partial charge in [-0.1, -0.05) is 23.7 Å². The molecule has 1 aromatic carbocycles. The van der Waals surface area contributed by atoms with E-state index in [2.05, 4.69) is 10.6 Å². The zero-order valence-corrected chi connectivity index (χ0v) is 11.4. The second-order valence-corrected chi connectivity index (χ2v) is 4.87. The standard InChI is InChI=1S/C13H16ClN3O2/c1-9(10-2-4-11(14)5-3-10)16-8-12(18)17-7-6-15-13(17)19/h2-5,9,16H,6-8H2,1H3,(H,15,19)/t9-/m1/s1. The molecule has 0 bridgehead atoms. The van der Waals surface area contributed by atoms with Crippen LogP contribution in [0.5, 0.6) is 0 Å². The number of carbonyl (C=O) groups is 2. The van der Waals surface area contributed by atoms with E-state index in [4.69, 9.17) is 11.6 Å². The summed E-state index contributed by atoms with van der Waals surface area (Å²) >= 11 is 5.82. The molecule has 1 saturated heterocycles. The van der Waals surface area contributed by atoms with E-state index in [-0.39, 0.29) is 24.5 Å². The van der Waals surface area contributed by atoms with E-state index < -0.39 is 0 Å². The van der Waals surface area contributed by atoms with E-state index in [1.807, 2.05) is 31.2 Å². The lowest BCUT2D eigenvalue weighted by Gasteiger charge is -2.17. The smallest absolute Gasteiger partial charge is 0.324 e. The highest BCUT2D eigenvalue weighted by Gasteiger charge is 2.25. The van der Waals surface area contributed by atoms with Crippen LogP contribution in [0.2, 0.25) is 5.02 Å². The number of hydrogen-bond acceptors (Lipinski definition) is 3. The molecule has 3 amide bonds. The number of nitrogens with zero attached hydrogens (tertiary/aromatic N) is 1. The van der Waals surface area contributed by atoms with Crippen LogP contribution < -0.4 is 10.6 Å². The molecule has 5 nitrogen and oxygen atoms in total. The summed E-state index contributed by atoms with van der Waals surface area (Å²) in [5.41, 5.74) is 1.04. The second kappa shape index (κ2) is 6.04. The minimum absolute atomic E-state index is 0.0203. The molecule has 0 aliphatic carbocycles. The molecule has 1 aromatic rings. The van der Waals surface area contributed by atoms with E-state index in [1.54, 1.807) is 0 Å². The van der Waals surface area contributed by atoms with Crippen LogP contribution in [-0.4, -0.2) is 36.5 Å². The van der Waals surface area contributed by atoms with Crippen LogP contribution in [0.25, 0.3) is 0 Å². The van der Waals surface area contributed by atoms with Crippen molar-refractivity contribution < 1.29 is 9.59 Å². The molecule has 0 aromatic heterocycles. The SMILES string of the molecule is C[C@@H](NCC(=O)N1CCNC1=O)c1ccc(Cl)cc1. The summed E-state index contributed by atoms with van der Waals surface area (Å²) in [6, 6.07) is 7.15. The Balaban J connectivity index is 1.86. The largest absolute Gasteiger partial charge is 0.336 e. The molecule has 102 valence electrons. The van der Waals surface area contributed by atoms with Gasteiger partial charge in [0.25, 0.3) is 0 Å². The van der Waals surface area contributed by atoms with E-state index in [0.717, 1.165) is 5.56 Å². The number of amides is 3. The lowest BCUT2D eigenvalue weighted by atomic mass is 10.1. The van der Waals surface area contributed by atoms with Crippen molar-refractivity contribution in [3.8, 4) is 0 Å². The van der Waals surface area contributed by atoms with Crippen molar-refractivity contribution in [2.24, 2.45) is 0 Å². The van der Waals surface area contributed by atoms with Crippen molar-refractivity contribution in [2.75, 3.05) is 19.6 Å². The molecule has 1 fully saturated rings. The summed E-state index contributed by atoms with van der Waals surface area (Å²) in [5, 5.41) is 6.38. The number of hydrogen-bond donors (Lipinski definition) is 2. The van der Waals surface area contributed by atoms with Crippen LogP contribution in [0.3, 0.4) is 0 Å². The van der Waals surface area contributed by atoms with Gasteiger partial charge in [0, 0.05) is 24.2 Å². The zero-order chi connectivity index (χ0) is 13.8. The van der Waals surface area contributed by atoms with Gasteiger partial charge < -0.3 is 10.6 Å². The number of imide groups is 1. The molecule has 0 saturated carbocycles. The summed E-state index contributed by atoms with van der Waals surface area (Å²) < 4.78 is 0. The first-order valence-corrected chi connectivity index (χ1v) is 6.53. The van der Waals surface area contributed by atoms with E-state index in [9.17, 15) is 9.59 Å². The molecular weight excluding hydrogens is 266 g/mol. The lowest BCUT2D eigenvalue weighted by Crippen LogP contribution is -2.40. The van der Waals surface area contributed by atoms with Crippen molar-refractivity contribution in [2.45, 2.75) is 13.0 Å². The molecule has 1 aliphatic rings. The molecule has 2 N–H and O–H groups in total. The highest BCUT2D eigenvalue weighted by molar-refractivity contribution is 6.30. The predicted octanol–water partition coefficient (Wildman–Crippen LogP) is 1.54. The Hall–Kier alpha value is -1.59. The number of carbonyl (C=O) groups excluding carboxylic acids is 2. The van der Waals surface area contributed by atoms with E-state index in [1.165, 1.54) is 4.90 Å². The van der Waals surface area contributed by atoms with Gasteiger partial charge in [0.1, 0.15) is 0 Å². The highest BCUT2D eigenvalue weighted by atomic mass is 35.5. The van der Waals surface area contributed by atoms with Gasteiger partial charge in [0.15, 0.2) is 0 Å². The van der Waals surface area contributed by atoms with E-state index in [0.29, 0.717) is 18.1 Å². The summed E-state index contributed by atoms with van der Waals surface area (Å²) in [7, 11) is 0. The van der Waals surface area contributed by atoms with Gasteiger partial charge in [-0.25, -0.2) is 4.79 Å². The molecule has 0 spiro atoms. The fourth-order valence-electron chi connectivity index (χ4n) is 1.91. The number of urea groups is 1. The fourth-order valence-corrected chi connectivity index (χ4v) is 2.04. The Bertz CT molecular complexity index is 475. The number of rotatable bonds is 4. The van der Waals surface area contributed by atoms with Gasteiger partial charge in [-0.3, -0.25) is 9.69 Å². The van der Waals surface area contributed by atoms with Gasteiger partial charge in [-0.05, 0) is 24.6 Å². The molecule has 19 heavy (non-hydrogen) atoms. The van der Waals surface area contributed by atoms with Crippen molar-refractivity contribution >= 4 is 23.5 Å². The normalized spacial score (nSPS) is 16.3. The van der Waals surface area contributed by atoms with Crippen molar-refractivity contribution in [1.82, 2.24) is 15.5 Å². The third-order valence-corrected chi connectivity index (χ3v) is 3.34. The van der Waals surface area contributed by atoms with Crippen LogP contribution in [0.15, 0.2) is 24.3 Å². The Kier molecular flexibility index (Phi) is 4.39. The van der Waals surface area contributed by atoms with Crippen molar-refractivity contribution in [3.05, 3.63) is 34.9 Å². The van der Waals surface area contributed by atoms with Crippen molar-refractivity contribution in [3.63, 3.8) is 0 Å². The van der Waals surface area contributed by atoms with Gasteiger partial charge in [-0.2, -0.15) is 0 Å². The summed E-state index contributed by atoms with van der Waals surface area (Å²) in [6.07, 6.45) is 0. The third-order valence-electron chi connectivity index (χ3n) is 3.09. The third kappa shape index (κ3) is 3.45. The lowest BCUT2D eigenvalue weighted by molar-refractivity contribution is -0.126. The average molecular weight is 282 g/mol. The molecular formula is C13H16ClN3O2. The zero-order valence-electron chi connectivity index (χ0n) is 10.6. The minimum Gasteiger partial charge on any atom is -0.336 e. The topological polar surface area (TPSA) is 61.4 Å². The Morgan fingerprint density at radius 2 is 2.16 bits per heavy atom. The van der Waals surface area contributed by atoms with Gasteiger partial charge >= 0.3 is 6.03 Å². The highest BCUT2D eigenvalue weighted by Crippen LogP contribution is 2.15. The van der Waals surface area contributed by atoms with Crippen molar-refractivity contribution in [1.29, 1.82) is 0 Å². The summed E-state index contributed by atoms with van der Waals surface area (Å²) in [6.45, 7) is 3.06. The van der Waals surface area contributed by atoms with Crippen LogP contribution in [0.4, 0.5) is 4.79 Å². The number of halogens is 1. The first kappa shape index (κ1) is 13.8. The summed E-state index contributed by atoms with van der Waals surface area (Å²) in [4.78, 5) is 24.4.